The molecule has 0 aliphatic rings. The van der Waals surface area contributed by atoms with Crippen LogP contribution < -0.4 is 16.4 Å². The van der Waals surface area contributed by atoms with Gasteiger partial charge in [0.25, 0.3) is 0 Å². The third-order valence-electron chi connectivity index (χ3n) is 2.62. The van der Waals surface area contributed by atoms with Gasteiger partial charge in [-0.25, -0.2) is 14.8 Å². The predicted octanol–water partition coefficient (Wildman–Crippen LogP) is 2.60. The van der Waals surface area contributed by atoms with Gasteiger partial charge in [0.15, 0.2) is 0 Å². The minimum absolute atomic E-state index is 0.117. The Labute approximate surface area is 123 Å². The first-order chi connectivity index (χ1) is 10.3. The molecular weight excluding hydrogens is 299 g/mol. The van der Waals surface area contributed by atoms with E-state index in [2.05, 4.69) is 20.6 Å². The van der Waals surface area contributed by atoms with Gasteiger partial charge in [0, 0.05) is 18.4 Å². The molecule has 0 atom stereocenters. The average molecular weight is 311 g/mol. The summed E-state index contributed by atoms with van der Waals surface area (Å²) in [6.45, 7) is 0.234. The molecule has 1 heterocycles. The summed E-state index contributed by atoms with van der Waals surface area (Å²) in [5.41, 5.74) is 5.26. The van der Waals surface area contributed by atoms with Crippen LogP contribution in [0.25, 0.3) is 0 Å². The molecule has 2 aromatic rings. The smallest absolute Gasteiger partial charge is 0.351 e. The Morgan fingerprint density at radius 1 is 1.18 bits per heavy atom. The number of nitrogens with zero attached hydrogens (tertiary/aromatic N) is 2. The van der Waals surface area contributed by atoms with Crippen molar-refractivity contribution < 1.29 is 18.0 Å². The molecule has 0 radical (unpaired) electrons. The van der Waals surface area contributed by atoms with Crippen molar-refractivity contribution in [1.82, 2.24) is 9.97 Å². The van der Waals surface area contributed by atoms with Gasteiger partial charge in [-0.1, -0.05) is 12.1 Å². The maximum Gasteiger partial charge on any atom is 0.433 e. The standard InChI is InChI=1S/C13H12F3N5O/c14-13(15,16)10-5-6-18-12(21-10)19-7-8-1-3-9(4-2-8)20-11(17)22/h1-6H,7H2,(H3,17,20,22)(H,18,19,21). The van der Waals surface area contributed by atoms with Gasteiger partial charge in [-0.2, -0.15) is 13.2 Å². The molecule has 6 nitrogen and oxygen atoms in total. The molecule has 0 aliphatic heterocycles. The second kappa shape index (κ2) is 6.29. The molecule has 1 aromatic carbocycles. The Bertz CT molecular complexity index is 657. The Kier molecular flexibility index (Phi) is 4.44. The van der Waals surface area contributed by atoms with Crippen LogP contribution in [-0.2, 0) is 12.7 Å². The fraction of sp³-hybridized carbons (Fsp3) is 0.154. The summed E-state index contributed by atoms with van der Waals surface area (Å²) in [6, 6.07) is 6.74. The van der Waals surface area contributed by atoms with Gasteiger partial charge in [0.1, 0.15) is 5.69 Å². The molecule has 0 spiro atoms. The van der Waals surface area contributed by atoms with Crippen molar-refractivity contribution in [2.75, 3.05) is 10.6 Å². The minimum Gasteiger partial charge on any atom is -0.351 e. The lowest BCUT2D eigenvalue weighted by Gasteiger charge is -2.09. The second-order valence-corrected chi connectivity index (χ2v) is 4.30. The monoisotopic (exact) mass is 311 g/mol. The van der Waals surface area contributed by atoms with Crippen molar-refractivity contribution in [3.8, 4) is 0 Å². The van der Waals surface area contributed by atoms with Gasteiger partial charge in [0.2, 0.25) is 5.95 Å². The third kappa shape index (κ3) is 4.33. The molecule has 2 amide bonds. The number of hydrogen-bond donors (Lipinski definition) is 3. The Hall–Kier alpha value is -2.84. The fourth-order valence-electron chi connectivity index (χ4n) is 1.63. The van der Waals surface area contributed by atoms with E-state index in [0.717, 1.165) is 17.8 Å². The van der Waals surface area contributed by atoms with Crippen LogP contribution in [0.5, 0.6) is 0 Å². The molecule has 0 aliphatic carbocycles. The van der Waals surface area contributed by atoms with Gasteiger partial charge >= 0.3 is 12.2 Å². The molecule has 22 heavy (non-hydrogen) atoms. The molecule has 116 valence electrons. The molecule has 4 N–H and O–H groups in total. The van der Waals surface area contributed by atoms with Crippen LogP contribution in [-0.4, -0.2) is 16.0 Å². The molecule has 0 unspecified atom stereocenters. The van der Waals surface area contributed by atoms with E-state index in [1.807, 2.05) is 0 Å². The number of amides is 2. The van der Waals surface area contributed by atoms with Crippen molar-refractivity contribution in [3.05, 3.63) is 47.8 Å². The summed E-state index contributed by atoms with van der Waals surface area (Å²) in [6.07, 6.45) is -3.47. The number of hydrogen-bond acceptors (Lipinski definition) is 4. The lowest BCUT2D eigenvalue weighted by atomic mass is 10.2. The Morgan fingerprint density at radius 3 is 2.45 bits per heavy atom. The number of benzene rings is 1. The predicted molar refractivity (Wildman–Crippen MR) is 74.0 cm³/mol. The largest absolute Gasteiger partial charge is 0.433 e. The lowest BCUT2D eigenvalue weighted by Crippen LogP contribution is -2.19. The van der Waals surface area contributed by atoms with Crippen molar-refractivity contribution in [1.29, 1.82) is 0 Å². The zero-order valence-electron chi connectivity index (χ0n) is 11.2. The summed E-state index contributed by atoms with van der Waals surface area (Å²) in [4.78, 5) is 17.8. The number of anilines is 2. The van der Waals surface area contributed by atoms with E-state index in [1.165, 1.54) is 0 Å². The van der Waals surface area contributed by atoms with Crippen molar-refractivity contribution in [2.24, 2.45) is 5.73 Å². The fourth-order valence-corrected chi connectivity index (χ4v) is 1.63. The number of primary amides is 1. The number of carbonyl (C=O) groups excluding carboxylic acids is 1. The van der Waals surface area contributed by atoms with Gasteiger partial charge in [-0.05, 0) is 23.8 Å². The number of urea groups is 1. The summed E-state index contributed by atoms with van der Waals surface area (Å²) in [7, 11) is 0. The van der Waals surface area contributed by atoms with Crippen molar-refractivity contribution in [2.45, 2.75) is 12.7 Å². The molecular formula is C13H12F3N5O. The summed E-state index contributed by atoms with van der Waals surface area (Å²) < 4.78 is 37.6. The minimum atomic E-state index is -4.51. The van der Waals surface area contributed by atoms with Crippen molar-refractivity contribution >= 4 is 17.7 Å². The number of alkyl halides is 3. The van der Waals surface area contributed by atoms with Crippen LogP contribution >= 0.6 is 0 Å². The first kappa shape index (κ1) is 15.5. The van der Waals surface area contributed by atoms with E-state index < -0.39 is 17.9 Å². The number of nitrogens with two attached hydrogens (primary N) is 1. The first-order valence-corrected chi connectivity index (χ1v) is 6.14. The Balaban J connectivity index is 1.99. The maximum absolute atomic E-state index is 12.5. The Morgan fingerprint density at radius 2 is 1.86 bits per heavy atom. The number of carbonyl (C=O) groups is 1. The highest BCUT2D eigenvalue weighted by atomic mass is 19.4. The zero-order chi connectivity index (χ0) is 16.2. The summed E-state index contributed by atoms with van der Waals surface area (Å²) in [5.74, 6) is -0.117. The SMILES string of the molecule is NC(=O)Nc1ccc(CNc2nccc(C(F)(F)F)n2)cc1. The molecule has 2 rings (SSSR count). The molecule has 1 aromatic heterocycles. The highest BCUT2D eigenvalue weighted by molar-refractivity contribution is 5.87. The van der Waals surface area contributed by atoms with E-state index in [1.54, 1.807) is 24.3 Å². The quantitative estimate of drug-likeness (QED) is 0.809. The van der Waals surface area contributed by atoms with Crippen LogP contribution in [0.1, 0.15) is 11.3 Å². The lowest BCUT2D eigenvalue weighted by molar-refractivity contribution is -0.141. The van der Waals surface area contributed by atoms with Crippen LogP contribution in [0.2, 0.25) is 0 Å². The van der Waals surface area contributed by atoms with Crippen LogP contribution in [0.3, 0.4) is 0 Å². The number of nitrogens with one attached hydrogen (secondary N) is 2. The maximum atomic E-state index is 12.5. The van der Waals surface area contributed by atoms with Crippen LogP contribution in [0.4, 0.5) is 29.6 Å². The highest BCUT2D eigenvalue weighted by Crippen LogP contribution is 2.27. The van der Waals surface area contributed by atoms with E-state index in [9.17, 15) is 18.0 Å². The van der Waals surface area contributed by atoms with E-state index in [4.69, 9.17) is 5.73 Å². The summed E-state index contributed by atoms with van der Waals surface area (Å²) in [5, 5.41) is 5.10. The van der Waals surface area contributed by atoms with Crippen LogP contribution in [0, 0.1) is 0 Å². The topological polar surface area (TPSA) is 92.9 Å². The number of aromatic nitrogens is 2. The van der Waals surface area contributed by atoms with Crippen molar-refractivity contribution in [3.63, 3.8) is 0 Å². The zero-order valence-corrected chi connectivity index (χ0v) is 11.2. The molecule has 0 bridgehead atoms. The normalized spacial score (nSPS) is 11.0. The molecule has 0 saturated carbocycles. The first-order valence-electron chi connectivity index (χ1n) is 6.14. The molecule has 0 saturated heterocycles. The summed E-state index contributed by atoms with van der Waals surface area (Å²) >= 11 is 0. The van der Waals surface area contributed by atoms with Crippen LogP contribution in [0.15, 0.2) is 36.5 Å². The number of halogens is 3. The molecule has 0 fully saturated rings. The van der Waals surface area contributed by atoms with E-state index in [0.29, 0.717) is 5.69 Å². The second-order valence-electron chi connectivity index (χ2n) is 4.30. The highest BCUT2D eigenvalue weighted by Gasteiger charge is 2.32. The molecule has 9 heteroatoms. The average Bonchev–Trinajstić information content (AvgIpc) is 2.45. The third-order valence-corrected chi connectivity index (χ3v) is 2.62. The van der Waals surface area contributed by atoms with E-state index >= 15 is 0 Å². The van der Waals surface area contributed by atoms with Gasteiger partial charge < -0.3 is 16.4 Å². The van der Waals surface area contributed by atoms with Gasteiger partial charge in [-0.3, -0.25) is 0 Å². The van der Waals surface area contributed by atoms with Gasteiger partial charge in [0.05, 0.1) is 0 Å². The number of rotatable bonds is 4. The van der Waals surface area contributed by atoms with E-state index in [-0.39, 0.29) is 12.5 Å². The van der Waals surface area contributed by atoms with Gasteiger partial charge in [-0.15, -0.1) is 0 Å².